The number of amides is 1. The highest BCUT2D eigenvalue weighted by Gasteiger charge is 2.37. The molecule has 0 radical (unpaired) electrons. The maximum atomic E-state index is 12.1. The minimum Gasteiger partial charge on any atom is -0.377 e. The molecule has 2 rings (SSSR count). The molecule has 4 nitrogen and oxygen atoms in total. The topological polar surface area (TPSA) is 51.2 Å². The van der Waals surface area contributed by atoms with Crippen LogP contribution in [-0.2, 0) is 4.74 Å². The second kappa shape index (κ2) is 5.92. The molecule has 1 fully saturated rings. The number of nitrogens with one attached hydrogen (secondary N) is 1. The largest absolute Gasteiger partial charge is 0.377 e. The van der Waals surface area contributed by atoms with Gasteiger partial charge >= 0.3 is 0 Å². The van der Waals surface area contributed by atoms with Crippen LogP contribution in [0.1, 0.15) is 43.4 Å². The number of pyridine rings is 1. The van der Waals surface area contributed by atoms with E-state index in [1.54, 1.807) is 6.07 Å². The van der Waals surface area contributed by atoms with Crippen LogP contribution in [0.15, 0.2) is 18.2 Å². The van der Waals surface area contributed by atoms with Crippen LogP contribution in [0.3, 0.4) is 0 Å². The van der Waals surface area contributed by atoms with Gasteiger partial charge in [-0.25, -0.2) is 4.98 Å². The third-order valence-electron chi connectivity index (χ3n) is 3.71. The zero-order chi connectivity index (χ0) is 14.8. The summed E-state index contributed by atoms with van der Waals surface area (Å²) in [5.41, 5.74) is 1.44. The number of aryl methyl sites for hydroxylation is 1. The van der Waals surface area contributed by atoms with Gasteiger partial charge in [-0.1, -0.05) is 26.8 Å². The fourth-order valence-electron chi connectivity index (χ4n) is 2.78. The predicted octanol–water partition coefficient (Wildman–Crippen LogP) is 2.57. The lowest BCUT2D eigenvalue weighted by Gasteiger charge is -2.31. The number of ether oxygens (including phenoxy) is 1. The van der Waals surface area contributed by atoms with Crippen LogP contribution in [-0.4, -0.2) is 30.1 Å². The van der Waals surface area contributed by atoms with E-state index >= 15 is 0 Å². The first-order valence-electron chi connectivity index (χ1n) is 7.21. The molecule has 2 atom stereocenters. The van der Waals surface area contributed by atoms with Crippen LogP contribution in [0.5, 0.6) is 0 Å². The Morgan fingerprint density at radius 2 is 2.20 bits per heavy atom. The molecule has 1 saturated heterocycles. The number of rotatable bonds is 3. The third kappa shape index (κ3) is 3.57. The smallest absolute Gasteiger partial charge is 0.269 e. The summed E-state index contributed by atoms with van der Waals surface area (Å²) in [5.74, 6) is 0.275. The number of nitrogens with zero attached hydrogens (tertiary/aromatic N) is 1. The van der Waals surface area contributed by atoms with E-state index in [4.69, 9.17) is 4.74 Å². The highest BCUT2D eigenvalue weighted by Crippen LogP contribution is 2.34. The molecule has 20 heavy (non-hydrogen) atoms. The quantitative estimate of drug-likeness (QED) is 0.923. The molecule has 1 aromatic rings. The van der Waals surface area contributed by atoms with Crippen LogP contribution in [0.4, 0.5) is 0 Å². The van der Waals surface area contributed by atoms with Crippen molar-refractivity contribution in [3.05, 3.63) is 29.6 Å². The normalized spacial score (nSPS) is 22.8. The van der Waals surface area contributed by atoms with Gasteiger partial charge in [0.2, 0.25) is 0 Å². The highest BCUT2D eigenvalue weighted by atomic mass is 16.5. The van der Waals surface area contributed by atoms with Crippen molar-refractivity contribution in [1.29, 1.82) is 0 Å². The molecule has 0 bridgehead atoms. The second-order valence-corrected chi connectivity index (χ2v) is 6.58. The van der Waals surface area contributed by atoms with Gasteiger partial charge in [0.1, 0.15) is 5.69 Å². The van der Waals surface area contributed by atoms with Crippen molar-refractivity contribution in [3.8, 4) is 0 Å². The molecule has 0 aliphatic carbocycles. The van der Waals surface area contributed by atoms with E-state index in [-0.39, 0.29) is 17.4 Å². The van der Waals surface area contributed by atoms with Crippen LogP contribution >= 0.6 is 0 Å². The first-order chi connectivity index (χ1) is 9.38. The fourth-order valence-corrected chi connectivity index (χ4v) is 2.78. The Bertz CT molecular complexity index is 480. The standard InChI is InChI=1S/C16H24N2O2/c1-11-6-5-7-13(18-11)15(19)17-10-12-8-9-20-14(12)16(2,3)4/h5-7,12,14H,8-10H2,1-4H3,(H,17,19)/t12-,14+/m1/s1. The minimum atomic E-state index is -0.103. The Morgan fingerprint density at radius 1 is 1.45 bits per heavy atom. The van der Waals surface area contributed by atoms with Crippen molar-refractivity contribution in [3.63, 3.8) is 0 Å². The van der Waals surface area contributed by atoms with Crippen molar-refractivity contribution < 1.29 is 9.53 Å². The Labute approximate surface area is 120 Å². The second-order valence-electron chi connectivity index (χ2n) is 6.58. The molecule has 4 heteroatoms. The van der Waals surface area contributed by atoms with Crippen molar-refractivity contribution in [1.82, 2.24) is 10.3 Å². The van der Waals surface area contributed by atoms with Crippen molar-refractivity contribution >= 4 is 5.91 Å². The molecule has 1 aliphatic rings. The Kier molecular flexibility index (Phi) is 4.43. The molecular weight excluding hydrogens is 252 g/mol. The Balaban J connectivity index is 1.93. The Morgan fingerprint density at radius 3 is 2.85 bits per heavy atom. The Hall–Kier alpha value is -1.42. The third-order valence-corrected chi connectivity index (χ3v) is 3.71. The monoisotopic (exact) mass is 276 g/mol. The molecule has 2 heterocycles. The molecule has 1 N–H and O–H groups in total. The summed E-state index contributed by atoms with van der Waals surface area (Å²) >= 11 is 0. The van der Waals surface area contributed by atoms with E-state index in [2.05, 4.69) is 31.1 Å². The summed E-state index contributed by atoms with van der Waals surface area (Å²) in [7, 11) is 0. The van der Waals surface area contributed by atoms with Gasteiger partial charge in [-0.3, -0.25) is 4.79 Å². The van der Waals surface area contributed by atoms with E-state index in [0.717, 1.165) is 18.7 Å². The van der Waals surface area contributed by atoms with E-state index in [1.165, 1.54) is 0 Å². The molecule has 1 aliphatic heterocycles. The van der Waals surface area contributed by atoms with Gasteiger partial charge in [-0.05, 0) is 30.9 Å². The minimum absolute atomic E-state index is 0.103. The summed E-state index contributed by atoms with van der Waals surface area (Å²) in [6.07, 6.45) is 1.21. The molecule has 110 valence electrons. The van der Waals surface area contributed by atoms with Gasteiger partial charge in [-0.2, -0.15) is 0 Å². The summed E-state index contributed by atoms with van der Waals surface area (Å²) in [4.78, 5) is 16.3. The maximum absolute atomic E-state index is 12.1. The van der Waals surface area contributed by atoms with E-state index in [9.17, 15) is 4.79 Å². The van der Waals surface area contributed by atoms with Gasteiger partial charge in [-0.15, -0.1) is 0 Å². The lowest BCUT2D eigenvalue weighted by atomic mass is 9.81. The summed E-state index contributed by atoms with van der Waals surface area (Å²) in [6, 6.07) is 5.49. The van der Waals surface area contributed by atoms with Crippen LogP contribution in [0.25, 0.3) is 0 Å². The van der Waals surface area contributed by atoms with Crippen LogP contribution in [0.2, 0.25) is 0 Å². The van der Waals surface area contributed by atoms with Crippen LogP contribution < -0.4 is 5.32 Å². The predicted molar refractivity (Wildman–Crippen MR) is 78.6 cm³/mol. The van der Waals surface area contributed by atoms with E-state index < -0.39 is 0 Å². The lowest BCUT2D eigenvalue weighted by Crippen LogP contribution is -2.38. The van der Waals surface area contributed by atoms with Crippen molar-refractivity contribution in [2.45, 2.75) is 40.2 Å². The van der Waals surface area contributed by atoms with Gasteiger partial charge < -0.3 is 10.1 Å². The van der Waals surface area contributed by atoms with Crippen LogP contribution in [0, 0.1) is 18.3 Å². The number of carbonyl (C=O) groups is 1. The average Bonchev–Trinajstić information content (AvgIpc) is 2.84. The molecular formula is C16H24N2O2. The number of carbonyl (C=O) groups excluding carboxylic acids is 1. The molecule has 0 spiro atoms. The first kappa shape index (κ1) is 15.0. The maximum Gasteiger partial charge on any atom is 0.269 e. The molecule has 0 unspecified atom stereocenters. The van der Waals surface area contributed by atoms with Crippen molar-refractivity contribution in [2.75, 3.05) is 13.2 Å². The van der Waals surface area contributed by atoms with E-state index in [1.807, 2.05) is 19.1 Å². The van der Waals surface area contributed by atoms with Gasteiger partial charge in [0.15, 0.2) is 0 Å². The van der Waals surface area contributed by atoms with Gasteiger partial charge in [0.25, 0.3) is 5.91 Å². The zero-order valence-corrected chi connectivity index (χ0v) is 12.8. The zero-order valence-electron chi connectivity index (χ0n) is 12.8. The summed E-state index contributed by atoms with van der Waals surface area (Å²) < 4.78 is 5.82. The van der Waals surface area contributed by atoms with E-state index in [0.29, 0.717) is 18.2 Å². The van der Waals surface area contributed by atoms with Gasteiger partial charge in [0.05, 0.1) is 6.10 Å². The molecule has 0 saturated carbocycles. The fraction of sp³-hybridized carbons (Fsp3) is 0.625. The average molecular weight is 276 g/mol. The number of hydrogen-bond donors (Lipinski definition) is 1. The number of hydrogen-bond acceptors (Lipinski definition) is 3. The van der Waals surface area contributed by atoms with Crippen molar-refractivity contribution in [2.24, 2.45) is 11.3 Å². The SMILES string of the molecule is Cc1cccc(C(=O)NC[C@H]2CCO[C@@H]2C(C)(C)C)n1. The molecule has 1 amide bonds. The molecule has 0 aromatic carbocycles. The summed E-state index contributed by atoms with van der Waals surface area (Å²) in [5, 5.41) is 2.99. The lowest BCUT2D eigenvalue weighted by molar-refractivity contribution is 0.00736. The number of aromatic nitrogens is 1. The highest BCUT2D eigenvalue weighted by molar-refractivity contribution is 5.92. The first-order valence-corrected chi connectivity index (χ1v) is 7.21. The summed E-state index contributed by atoms with van der Waals surface area (Å²) in [6.45, 7) is 9.86. The molecule has 1 aromatic heterocycles. The van der Waals surface area contributed by atoms with Gasteiger partial charge in [0, 0.05) is 24.8 Å².